The van der Waals surface area contributed by atoms with Crippen LogP contribution >= 0.6 is 0 Å². The van der Waals surface area contributed by atoms with Gasteiger partial charge in [0.15, 0.2) is 0 Å². The molecule has 86 valence electrons. The van der Waals surface area contributed by atoms with Gasteiger partial charge in [0.2, 0.25) is 0 Å². The van der Waals surface area contributed by atoms with Gasteiger partial charge in [-0.2, -0.15) is 0 Å². The Kier molecular flexibility index (Phi) is 3.08. The Balaban J connectivity index is 1.93. The van der Waals surface area contributed by atoms with E-state index in [1.807, 2.05) is 0 Å². The molecule has 0 atom stereocenters. The van der Waals surface area contributed by atoms with Crippen molar-refractivity contribution in [1.29, 1.82) is 0 Å². The molecular formula is C12H13FO3. The molecule has 0 radical (unpaired) electrons. The number of halogens is 1. The van der Waals surface area contributed by atoms with Gasteiger partial charge in [-0.05, 0) is 24.5 Å². The van der Waals surface area contributed by atoms with Crippen LogP contribution in [0.2, 0.25) is 0 Å². The van der Waals surface area contributed by atoms with Crippen LogP contribution in [0.5, 0.6) is 5.75 Å². The molecule has 1 aliphatic rings. The number of benzene rings is 1. The Morgan fingerprint density at radius 2 is 2.25 bits per heavy atom. The lowest BCUT2D eigenvalue weighted by molar-refractivity contribution is 0.0692. The number of carboxylic acid groups (broad SMARTS) is 1. The van der Waals surface area contributed by atoms with Crippen LogP contribution in [0, 0.1) is 11.7 Å². The number of aromatic carboxylic acids is 1. The van der Waals surface area contributed by atoms with Gasteiger partial charge in [0.25, 0.3) is 0 Å². The molecular weight excluding hydrogens is 211 g/mol. The Hall–Kier alpha value is -1.58. The third-order valence-electron chi connectivity index (χ3n) is 2.66. The molecule has 0 heterocycles. The topological polar surface area (TPSA) is 46.5 Å². The fourth-order valence-electron chi connectivity index (χ4n) is 1.51. The average Bonchev–Trinajstić information content (AvgIpc) is 3.01. The van der Waals surface area contributed by atoms with Crippen LogP contribution in [0.25, 0.3) is 0 Å². The molecule has 3 nitrogen and oxygen atoms in total. The van der Waals surface area contributed by atoms with Crippen molar-refractivity contribution in [3.8, 4) is 5.75 Å². The first-order valence-electron chi connectivity index (χ1n) is 5.32. The Morgan fingerprint density at radius 1 is 1.50 bits per heavy atom. The molecule has 1 aliphatic carbocycles. The van der Waals surface area contributed by atoms with E-state index in [0.717, 1.165) is 18.4 Å². The van der Waals surface area contributed by atoms with Gasteiger partial charge in [0.05, 0.1) is 12.2 Å². The molecule has 1 aromatic carbocycles. The minimum Gasteiger partial charge on any atom is -0.493 e. The van der Waals surface area contributed by atoms with Gasteiger partial charge in [0, 0.05) is 6.07 Å². The number of ether oxygens (including phenoxy) is 1. The van der Waals surface area contributed by atoms with E-state index in [1.165, 1.54) is 25.0 Å². The van der Waals surface area contributed by atoms with Gasteiger partial charge in [-0.15, -0.1) is 0 Å². The highest BCUT2D eigenvalue weighted by Gasteiger charge is 2.20. The molecule has 0 aliphatic heterocycles. The number of carboxylic acids is 1. The van der Waals surface area contributed by atoms with E-state index in [2.05, 4.69) is 0 Å². The van der Waals surface area contributed by atoms with Crippen molar-refractivity contribution < 1.29 is 19.0 Å². The second kappa shape index (κ2) is 4.51. The maximum absolute atomic E-state index is 13.2. The fourth-order valence-corrected chi connectivity index (χ4v) is 1.51. The van der Waals surface area contributed by atoms with Gasteiger partial charge in [0.1, 0.15) is 11.6 Å². The van der Waals surface area contributed by atoms with Gasteiger partial charge in [-0.1, -0.05) is 12.8 Å². The average molecular weight is 224 g/mol. The predicted molar refractivity (Wildman–Crippen MR) is 56.2 cm³/mol. The Bertz CT molecular complexity index is 399. The molecule has 2 rings (SSSR count). The molecule has 0 aromatic heterocycles. The van der Waals surface area contributed by atoms with E-state index in [1.54, 1.807) is 0 Å². The van der Waals surface area contributed by atoms with Gasteiger partial charge in [-0.3, -0.25) is 0 Å². The normalized spacial score (nSPS) is 14.8. The van der Waals surface area contributed by atoms with Crippen LogP contribution < -0.4 is 4.74 Å². The van der Waals surface area contributed by atoms with Gasteiger partial charge in [-0.25, -0.2) is 9.18 Å². The summed E-state index contributed by atoms with van der Waals surface area (Å²) >= 11 is 0. The first-order valence-corrected chi connectivity index (χ1v) is 5.32. The van der Waals surface area contributed by atoms with E-state index in [-0.39, 0.29) is 5.56 Å². The molecule has 0 bridgehead atoms. The standard InChI is InChI=1S/C12H13FO3/c13-11-7-9(3-4-10(11)12(14)15)16-6-5-8-1-2-8/h3-4,7-8H,1-2,5-6H2,(H,14,15). The van der Waals surface area contributed by atoms with Crippen molar-refractivity contribution >= 4 is 5.97 Å². The van der Waals surface area contributed by atoms with Crippen LogP contribution in [0.3, 0.4) is 0 Å². The lowest BCUT2D eigenvalue weighted by atomic mass is 10.2. The zero-order chi connectivity index (χ0) is 11.5. The summed E-state index contributed by atoms with van der Waals surface area (Å²) in [5.41, 5.74) is -0.324. The highest BCUT2D eigenvalue weighted by molar-refractivity contribution is 5.88. The summed E-state index contributed by atoms with van der Waals surface area (Å²) in [5, 5.41) is 8.63. The molecule has 16 heavy (non-hydrogen) atoms. The number of carbonyl (C=O) groups is 1. The summed E-state index contributed by atoms with van der Waals surface area (Å²) in [5.74, 6) is -0.857. The third-order valence-corrected chi connectivity index (χ3v) is 2.66. The SMILES string of the molecule is O=C(O)c1ccc(OCCC2CC2)cc1F. The van der Waals surface area contributed by atoms with E-state index in [9.17, 15) is 9.18 Å². The summed E-state index contributed by atoms with van der Waals surface area (Å²) in [7, 11) is 0. The summed E-state index contributed by atoms with van der Waals surface area (Å²) < 4.78 is 18.6. The number of rotatable bonds is 5. The highest BCUT2D eigenvalue weighted by Crippen LogP contribution is 2.32. The Morgan fingerprint density at radius 3 is 2.81 bits per heavy atom. The largest absolute Gasteiger partial charge is 0.493 e. The van der Waals surface area contributed by atoms with Crippen LogP contribution in [-0.4, -0.2) is 17.7 Å². The predicted octanol–water partition coefficient (Wildman–Crippen LogP) is 2.70. The lowest BCUT2D eigenvalue weighted by Gasteiger charge is -2.06. The van der Waals surface area contributed by atoms with Gasteiger partial charge >= 0.3 is 5.97 Å². The minimum absolute atomic E-state index is 0.324. The summed E-state index contributed by atoms with van der Waals surface area (Å²) in [4.78, 5) is 10.6. The highest BCUT2D eigenvalue weighted by atomic mass is 19.1. The third kappa shape index (κ3) is 2.72. The summed E-state index contributed by atoms with van der Waals surface area (Å²) in [6, 6.07) is 3.83. The van der Waals surface area contributed by atoms with E-state index in [0.29, 0.717) is 12.4 Å². The number of hydrogen-bond acceptors (Lipinski definition) is 2. The minimum atomic E-state index is -1.26. The Labute approximate surface area is 92.9 Å². The summed E-state index contributed by atoms with van der Waals surface area (Å²) in [6.45, 7) is 0.566. The molecule has 1 saturated carbocycles. The first-order chi connectivity index (χ1) is 7.66. The second-order valence-corrected chi connectivity index (χ2v) is 4.03. The summed E-state index contributed by atoms with van der Waals surface area (Å²) in [6.07, 6.45) is 3.51. The first kappa shape index (κ1) is 10.9. The van der Waals surface area contributed by atoms with E-state index in [4.69, 9.17) is 9.84 Å². The van der Waals surface area contributed by atoms with Crippen molar-refractivity contribution in [3.63, 3.8) is 0 Å². The molecule has 0 spiro atoms. The molecule has 4 heteroatoms. The molecule has 1 N–H and O–H groups in total. The van der Waals surface area contributed by atoms with Crippen molar-refractivity contribution in [2.75, 3.05) is 6.61 Å². The molecule has 0 amide bonds. The zero-order valence-electron chi connectivity index (χ0n) is 8.78. The lowest BCUT2D eigenvalue weighted by Crippen LogP contribution is -2.02. The maximum atomic E-state index is 13.2. The molecule has 1 fully saturated rings. The smallest absolute Gasteiger partial charge is 0.338 e. The number of hydrogen-bond donors (Lipinski definition) is 1. The van der Waals surface area contributed by atoms with E-state index >= 15 is 0 Å². The van der Waals surface area contributed by atoms with Crippen LogP contribution in [-0.2, 0) is 0 Å². The molecule has 1 aromatic rings. The van der Waals surface area contributed by atoms with Gasteiger partial charge < -0.3 is 9.84 Å². The monoisotopic (exact) mass is 224 g/mol. The van der Waals surface area contributed by atoms with E-state index < -0.39 is 11.8 Å². The molecule has 0 unspecified atom stereocenters. The quantitative estimate of drug-likeness (QED) is 0.836. The van der Waals surface area contributed by atoms with Crippen molar-refractivity contribution in [2.45, 2.75) is 19.3 Å². The fraction of sp³-hybridized carbons (Fsp3) is 0.417. The van der Waals surface area contributed by atoms with Crippen molar-refractivity contribution in [3.05, 3.63) is 29.6 Å². The maximum Gasteiger partial charge on any atom is 0.338 e. The zero-order valence-corrected chi connectivity index (χ0v) is 8.78. The van der Waals surface area contributed by atoms with Crippen LogP contribution in [0.4, 0.5) is 4.39 Å². The molecule has 0 saturated heterocycles. The van der Waals surface area contributed by atoms with Crippen molar-refractivity contribution in [2.24, 2.45) is 5.92 Å². The second-order valence-electron chi connectivity index (χ2n) is 4.03. The van der Waals surface area contributed by atoms with Crippen LogP contribution in [0.15, 0.2) is 18.2 Å². The van der Waals surface area contributed by atoms with Crippen LogP contribution in [0.1, 0.15) is 29.6 Å². The van der Waals surface area contributed by atoms with Crippen molar-refractivity contribution in [1.82, 2.24) is 0 Å².